The van der Waals surface area contributed by atoms with Gasteiger partial charge >= 0.3 is 0 Å². The average Bonchev–Trinajstić information content (AvgIpc) is 2.09. The van der Waals surface area contributed by atoms with Gasteiger partial charge in [-0.15, -0.1) is 0 Å². The lowest BCUT2D eigenvalue weighted by atomic mass is 10.4. The van der Waals surface area contributed by atoms with Crippen LogP contribution < -0.4 is 5.32 Å². The molecule has 0 aliphatic heterocycles. The summed E-state index contributed by atoms with van der Waals surface area (Å²) < 4.78 is 29.2. The van der Waals surface area contributed by atoms with Gasteiger partial charge in [0, 0.05) is 26.6 Å². The van der Waals surface area contributed by atoms with Crippen LogP contribution in [0.2, 0.25) is 0 Å². The molecule has 0 saturated heterocycles. The van der Waals surface area contributed by atoms with Crippen LogP contribution in [-0.2, 0) is 14.9 Å². The van der Waals surface area contributed by atoms with Gasteiger partial charge in [0.05, 0.1) is 5.75 Å². The van der Waals surface area contributed by atoms with Crippen LogP contribution in [0.25, 0.3) is 0 Å². The van der Waals surface area contributed by atoms with Gasteiger partial charge in [0.25, 0.3) is 10.1 Å². The van der Waals surface area contributed by atoms with Gasteiger partial charge < -0.3 is 10.2 Å². The molecule has 0 aliphatic carbocycles. The molecule has 0 fully saturated rings. The topological polar surface area (TPSA) is 86.7 Å². The number of nitrogens with one attached hydrogen (secondary N) is 1. The Morgan fingerprint density at radius 1 is 1.43 bits per heavy atom. The monoisotopic (exact) mass is 224 g/mol. The van der Waals surface area contributed by atoms with Crippen molar-refractivity contribution in [1.82, 2.24) is 10.2 Å². The summed E-state index contributed by atoms with van der Waals surface area (Å²) in [5.41, 5.74) is 0. The molecule has 0 spiro atoms. The number of carbonyl (C=O) groups is 1. The van der Waals surface area contributed by atoms with Crippen LogP contribution in [0.3, 0.4) is 0 Å². The summed E-state index contributed by atoms with van der Waals surface area (Å²) in [6.07, 6.45) is 0.318. The Bertz CT molecular complexity index is 275. The Morgan fingerprint density at radius 2 is 2.00 bits per heavy atom. The van der Waals surface area contributed by atoms with E-state index in [0.29, 0.717) is 13.0 Å². The highest BCUT2D eigenvalue weighted by Crippen LogP contribution is 1.90. The highest BCUT2D eigenvalue weighted by atomic mass is 32.2. The lowest BCUT2D eigenvalue weighted by molar-refractivity contribution is -0.120. The maximum atomic E-state index is 10.8. The summed E-state index contributed by atoms with van der Waals surface area (Å²) in [6.45, 7) is 0.686. The predicted octanol–water partition coefficient (Wildman–Crippen LogP) is -1.06. The fourth-order valence-electron chi connectivity index (χ4n) is 0.800. The van der Waals surface area contributed by atoms with Gasteiger partial charge in [-0.05, 0) is 7.05 Å². The van der Waals surface area contributed by atoms with Gasteiger partial charge in [-0.2, -0.15) is 8.42 Å². The first-order valence-electron chi connectivity index (χ1n) is 4.19. The summed E-state index contributed by atoms with van der Waals surface area (Å²) in [4.78, 5) is 12.5. The van der Waals surface area contributed by atoms with Crippen molar-refractivity contribution in [1.29, 1.82) is 0 Å². The van der Waals surface area contributed by atoms with E-state index in [1.807, 2.05) is 0 Å². The third kappa shape index (κ3) is 7.96. The number of rotatable bonds is 6. The molecule has 0 rings (SSSR count). The number of hydrogen-bond donors (Lipinski definition) is 2. The molecule has 7 heteroatoms. The maximum absolute atomic E-state index is 10.8. The number of hydrogen-bond acceptors (Lipinski definition) is 4. The first-order valence-corrected chi connectivity index (χ1v) is 5.80. The van der Waals surface area contributed by atoms with Crippen molar-refractivity contribution < 1.29 is 17.8 Å². The highest BCUT2D eigenvalue weighted by Gasteiger charge is 2.08. The molecule has 14 heavy (non-hydrogen) atoms. The zero-order chi connectivity index (χ0) is 11.2. The minimum absolute atomic E-state index is 0.0938. The lowest BCUT2D eigenvalue weighted by Gasteiger charge is -2.14. The second kappa shape index (κ2) is 5.94. The molecule has 0 heterocycles. The van der Waals surface area contributed by atoms with Crippen molar-refractivity contribution in [2.24, 2.45) is 0 Å². The van der Waals surface area contributed by atoms with Crippen molar-refractivity contribution >= 4 is 16.0 Å². The van der Waals surface area contributed by atoms with E-state index >= 15 is 0 Å². The van der Waals surface area contributed by atoms with Crippen molar-refractivity contribution in [2.75, 3.05) is 32.9 Å². The molecule has 0 radical (unpaired) electrons. The van der Waals surface area contributed by atoms with Gasteiger partial charge in [-0.3, -0.25) is 9.35 Å². The molecule has 0 aromatic rings. The molecule has 0 unspecified atom stereocenters. The van der Waals surface area contributed by atoms with Crippen molar-refractivity contribution in [3.63, 3.8) is 0 Å². The van der Waals surface area contributed by atoms with Crippen LogP contribution in [0.5, 0.6) is 0 Å². The van der Waals surface area contributed by atoms with Gasteiger partial charge in [0.1, 0.15) is 0 Å². The van der Waals surface area contributed by atoms with Crippen LogP contribution >= 0.6 is 0 Å². The van der Waals surface area contributed by atoms with Crippen LogP contribution in [0, 0.1) is 0 Å². The number of carbonyl (C=O) groups excluding carboxylic acids is 1. The van der Waals surface area contributed by atoms with E-state index in [0.717, 1.165) is 0 Å². The van der Waals surface area contributed by atoms with Gasteiger partial charge in [-0.1, -0.05) is 0 Å². The van der Waals surface area contributed by atoms with E-state index < -0.39 is 10.1 Å². The SMILES string of the molecule is CNC(=O)CCN(C)CCS(=O)(=O)O. The summed E-state index contributed by atoms with van der Waals surface area (Å²) in [5.74, 6) is -0.402. The second-order valence-electron chi connectivity index (χ2n) is 3.01. The van der Waals surface area contributed by atoms with Crippen LogP contribution in [0.4, 0.5) is 0 Å². The van der Waals surface area contributed by atoms with E-state index in [1.165, 1.54) is 0 Å². The standard InChI is InChI=1S/C7H16N2O4S/c1-8-7(10)3-4-9(2)5-6-14(11,12)13/h3-6H2,1-2H3,(H,8,10)(H,11,12,13). The minimum atomic E-state index is -3.91. The molecule has 6 nitrogen and oxygen atoms in total. The molecule has 0 bridgehead atoms. The first kappa shape index (κ1) is 13.3. The first-order chi connectivity index (χ1) is 6.35. The normalized spacial score (nSPS) is 11.7. The molecule has 0 saturated carbocycles. The van der Waals surface area contributed by atoms with E-state index in [9.17, 15) is 13.2 Å². The molecule has 1 amide bonds. The second-order valence-corrected chi connectivity index (χ2v) is 4.58. The maximum Gasteiger partial charge on any atom is 0.266 e. The van der Waals surface area contributed by atoms with Crippen molar-refractivity contribution in [3.05, 3.63) is 0 Å². The third-order valence-electron chi connectivity index (χ3n) is 1.73. The largest absolute Gasteiger partial charge is 0.359 e. The Kier molecular flexibility index (Phi) is 5.66. The van der Waals surface area contributed by atoms with E-state index in [2.05, 4.69) is 5.32 Å². The lowest BCUT2D eigenvalue weighted by Crippen LogP contribution is -2.30. The van der Waals surface area contributed by atoms with Gasteiger partial charge in [0.15, 0.2) is 0 Å². The molecular formula is C7H16N2O4S. The number of nitrogens with zero attached hydrogens (tertiary/aromatic N) is 1. The van der Waals surface area contributed by atoms with Gasteiger partial charge in [-0.25, -0.2) is 0 Å². The molecule has 0 aromatic heterocycles. The zero-order valence-corrected chi connectivity index (χ0v) is 9.17. The molecule has 0 aliphatic rings. The fraction of sp³-hybridized carbons (Fsp3) is 0.857. The molecule has 0 atom stereocenters. The van der Waals surface area contributed by atoms with Crippen molar-refractivity contribution in [3.8, 4) is 0 Å². The number of amides is 1. The molecule has 2 N–H and O–H groups in total. The Morgan fingerprint density at radius 3 is 2.43 bits per heavy atom. The predicted molar refractivity (Wildman–Crippen MR) is 52.6 cm³/mol. The van der Waals surface area contributed by atoms with Crippen LogP contribution in [-0.4, -0.2) is 56.7 Å². The van der Waals surface area contributed by atoms with Gasteiger partial charge in [0.2, 0.25) is 5.91 Å². The summed E-state index contributed by atoms with van der Waals surface area (Å²) in [6, 6.07) is 0. The van der Waals surface area contributed by atoms with Crippen molar-refractivity contribution in [2.45, 2.75) is 6.42 Å². The fourth-order valence-corrected chi connectivity index (χ4v) is 1.34. The third-order valence-corrected chi connectivity index (χ3v) is 2.43. The van der Waals surface area contributed by atoms with Crippen LogP contribution in [0.15, 0.2) is 0 Å². The molecule has 84 valence electrons. The van der Waals surface area contributed by atoms with E-state index in [1.54, 1.807) is 19.0 Å². The van der Waals surface area contributed by atoms with E-state index in [4.69, 9.17) is 4.55 Å². The Labute approximate surface area is 84.0 Å². The summed E-state index contributed by atoms with van der Waals surface area (Å²) in [5, 5.41) is 2.46. The zero-order valence-electron chi connectivity index (χ0n) is 8.36. The smallest absolute Gasteiger partial charge is 0.266 e. The molecule has 0 aromatic carbocycles. The molecular weight excluding hydrogens is 208 g/mol. The quantitative estimate of drug-likeness (QED) is 0.562. The minimum Gasteiger partial charge on any atom is -0.359 e. The average molecular weight is 224 g/mol. The summed E-state index contributed by atoms with van der Waals surface area (Å²) in [7, 11) is -0.675. The van der Waals surface area contributed by atoms with Crippen LogP contribution in [0.1, 0.15) is 6.42 Å². The summed E-state index contributed by atoms with van der Waals surface area (Å²) >= 11 is 0. The Hall–Kier alpha value is -0.660. The Balaban J connectivity index is 3.66. The highest BCUT2D eigenvalue weighted by molar-refractivity contribution is 7.85. The van der Waals surface area contributed by atoms with E-state index in [-0.39, 0.29) is 18.2 Å².